The number of fused-ring (bicyclic) bond motifs is 4. The molecular formula is C28H48O. The number of aliphatic hydroxyl groups excluding tert-OH is 1. The second-order valence-corrected chi connectivity index (χ2v) is 12.6. The highest BCUT2D eigenvalue weighted by molar-refractivity contribution is 5.34. The van der Waals surface area contributed by atoms with Gasteiger partial charge < -0.3 is 5.11 Å². The standard InChI is InChI=1S/C28H48O/c1-18(2)8-7-9-19(3)22-12-13-24-21-10-11-23-20(4)26(29)15-17-28(23,6)25(21)14-16-27(22,24)5/h18-20,22-24,26,29H,7-17H2,1-6H3/t19-,20-,22+,23-,24-,26-,27-,28+/m1/s1. The Labute approximate surface area is 181 Å². The lowest BCUT2D eigenvalue weighted by molar-refractivity contribution is -0.0336. The lowest BCUT2D eigenvalue weighted by atomic mass is 9.49. The van der Waals surface area contributed by atoms with E-state index in [9.17, 15) is 5.11 Å². The smallest absolute Gasteiger partial charge is 0.0569 e. The van der Waals surface area contributed by atoms with Gasteiger partial charge in [0.1, 0.15) is 0 Å². The molecule has 2 fully saturated rings. The van der Waals surface area contributed by atoms with Crippen molar-refractivity contribution in [3.8, 4) is 0 Å². The van der Waals surface area contributed by atoms with Gasteiger partial charge in [0.25, 0.3) is 0 Å². The van der Waals surface area contributed by atoms with Crippen LogP contribution in [0.15, 0.2) is 11.1 Å². The Balaban J connectivity index is 1.54. The molecular weight excluding hydrogens is 352 g/mol. The lowest BCUT2D eigenvalue weighted by Crippen LogP contribution is -2.49. The van der Waals surface area contributed by atoms with Crippen LogP contribution in [0.5, 0.6) is 0 Å². The zero-order valence-corrected chi connectivity index (χ0v) is 20.3. The summed E-state index contributed by atoms with van der Waals surface area (Å²) in [5.41, 5.74) is 4.73. The molecule has 29 heavy (non-hydrogen) atoms. The van der Waals surface area contributed by atoms with Gasteiger partial charge in [-0.25, -0.2) is 0 Å². The third-order valence-electron chi connectivity index (χ3n) is 10.7. The molecule has 0 heterocycles. The van der Waals surface area contributed by atoms with Gasteiger partial charge in [0.05, 0.1) is 6.10 Å². The topological polar surface area (TPSA) is 20.2 Å². The minimum Gasteiger partial charge on any atom is -0.393 e. The average Bonchev–Trinajstić information content (AvgIpc) is 3.02. The fraction of sp³-hybridized carbons (Fsp3) is 0.929. The number of rotatable bonds is 5. The van der Waals surface area contributed by atoms with E-state index in [0.29, 0.717) is 22.7 Å². The average molecular weight is 401 g/mol. The Hall–Kier alpha value is -0.300. The number of allylic oxidation sites excluding steroid dienone is 2. The van der Waals surface area contributed by atoms with E-state index in [1.165, 1.54) is 64.2 Å². The summed E-state index contributed by atoms with van der Waals surface area (Å²) in [6, 6.07) is 0. The maximum absolute atomic E-state index is 10.5. The summed E-state index contributed by atoms with van der Waals surface area (Å²) in [6.07, 6.45) is 14.8. The van der Waals surface area contributed by atoms with Gasteiger partial charge in [0.2, 0.25) is 0 Å². The normalized spacial score (nSPS) is 45.7. The van der Waals surface area contributed by atoms with E-state index in [1.807, 2.05) is 11.1 Å². The van der Waals surface area contributed by atoms with Crippen molar-refractivity contribution in [2.24, 2.45) is 46.3 Å². The van der Waals surface area contributed by atoms with Gasteiger partial charge in [0.15, 0.2) is 0 Å². The zero-order valence-electron chi connectivity index (χ0n) is 20.3. The maximum Gasteiger partial charge on any atom is 0.0569 e. The maximum atomic E-state index is 10.5. The summed E-state index contributed by atoms with van der Waals surface area (Å²) >= 11 is 0. The molecule has 0 aliphatic heterocycles. The summed E-state index contributed by atoms with van der Waals surface area (Å²) in [4.78, 5) is 0. The molecule has 4 rings (SSSR count). The molecule has 8 atom stereocenters. The van der Waals surface area contributed by atoms with Gasteiger partial charge in [-0.05, 0) is 97.7 Å². The molecule has 0 unspecified atom stereocenters. The van der Waals surface area contributed by atoms with Gasteiger partial charge in [-0.3, -0.25) is 0 Å². The van der Waals surface area contributed by atoms with Crippen LogP contribution in [-0.4, -0.2) is 11.2 Å². The second kappa shape index (κ2) is 7.99. The molecule has 0 aromatic heterocycles. The zero-order chi connectivity index (χ0) is 21.0. The molecule has 0 saturated heterocycles. The quantitative estimate of drug-likeness (QED) is 0.467. The van der Waals surface area contributed by atoms with E-state index < -0.39 is 0 Å². The molecule has 0 amide bonds. The Bertz CT molecular complexity index is 632. The van der Waals surface area contributed by atoms with Crippen LogP contribution in [0.1, 0.15) is 112 Å². The first-order valence-corrected chi connectivity index (χ1v) is 13.1. The number of hydrogen-bond donors (Lipinski definition) is 1. The van der Waals surface area contributed by atoms with E-state index in [2.05, 4.69) is 41.5 Å². The highest BCUT2D eigenvalue weighted by atomic mass is 16.3. The highest BCUT2D eigenvalue weighted by Gasteiger charge is 2.56. The molecule has 0 spiro atoms. The van der Waals surface area contributed by atoms with Crippen molar-refractivity contribution in [3.63, 3.8) is 0 Å². The van der Waals surface area contributed by atoms with Gasteiger partial charge >= 0.3 is 0 Å². The fourth-order valence-electron chi connectivity index (χ4n) is 8.93. The summed E-state index contributed by atoms with van der Waals surface area (Å²) in [5.74, 6) is 4.73. The highest BCUT2D eigenvalue weighted by Crippen LogP contribution is 2.66. The van der Waals surface area contributed by atoms with Crippen molar-refractivity contribution < 1.29 is 5.11 Å². The number of hydrogen-bond acceptors (Lipinski definition) is 1. The van der Waals surface area contributed by atoms with Crippen LogP contribution in [0.4, 0.5) is 0 Å². The van der Waals surface area contributed by atoms with Crippen LogP contribution in [0.2, 0.25) is 0 Å². The molecule has 0 radical (unpaired) electrons. The Morgan fingerprint density at radius 3 is 2.45 bits per heavy atom. The van der Waals surface area contributed by atoms with E-state index in [1.54, 1.807) is 0 Å². The largest absolute Gasteiger partial charge is 0.393 e. The third kappa shape index (κ3) is 3.56. The molecule has 0 aromatic carbocycles. The first-order valence-electron chi connectivity index (χ1n) is 13.1. The van der Waals surface area contributed by atoms with Crippen molar-refractivity contribution in [2.75, 3.05) is 0 Å². The predicted molar refractivity (Wildman–Crippen MR) is 124 cm³/mol. The van der Waals surface area contributed by atoms with E-state index in [0.717, 1.165) is 30.1 Å². The minimum absolute atomic E-state index is 0.0633. The number of aliphatic hydroxyl groups is 1. The molecule has 4 aliphatic carbocycles. The Morgan fingerprint density at radius 2 is 1.72 bits per heavy atom. The Morgan fingerprint density at radius 1 is 0.966 bits per heavy atom. The van der Waals surface area contributed by atoms with Gasteiger partial charge in [-0.15, -0.1) is 0 Å². The summed E-state index contributed by atoms with van der Waals surface area (Å²) in [5, 5.41) is 10.5. The van der Waals surface area contributed by atoms with Crippen LogP contribution in [0.25, 0.3) is 0 Å². The van der Waals surface area contributed by atoms with Crippen molar-refractivity contribution in [3.05, 3.63) is 11.1 Å². The molecule has 166 valence electrons. The van der Waals surface area contributed by atoms with E-state index in [-0.39, 0.29) is 6.10 Å². The van der Waals surface area contributed by atoms with Crippen molar-refractivity contribution in [2.45, 2.75) is 118 Å². The molecule has 1 heteroatoms. The lowest BCUT2D eigenvalue weighted by Gasteiger charge is -2.56. The van der Waals surface area contributed by atoms with Crippen LogP contribution >= 0.6 is 0 Å². The van der Waals surface area contributed by atoms with Gasteiger partial charge in [0, 0.05) is 0 Å². The molecule has 0 bridgehead atoms. The molecule has 1 N–H and O–H groups in total. The van der Waals surface area contributed by atoms with Gasteiger partial charge in [-0.1, -0.05) is 72.0 Å². The van der Waals surface area contributed by atoms with Crippen molar-refractivity contribution in [1.29, 1.82) is 0 Å². The molecule has 4 aliphatic rings. The molecule has 1 nitrogen and oxygen atoms in total. The first kappa shape index (κ1) is 21.9. The monoisotopic (exact) mass is 400 g/mol. The summed E-state index contributed by atoms with van der Waals surface area (Å²) < 4.78 is 0. The first-order chi connectivity index (χ1) is 13.7. The second-order valence-electron chi connectivity index (χ2n) is 12.6. The minimum atomic E-state index is -0.0633. The Kier molecular flexibility index (Phi) is 6.04. The summed E-state index contributed by atoms with van der Waals surface area (Å²) in [7, 11) is 0. The van der Waals surface area contributed by atoms with Crippen LogP contribution in [0, 0.1) is 46.3 Å². The molecule has 2 saturated carbocycles. The van der Waals surface area contributed by atoms with Crippen molar-refractivity contribution in [1.82, 2.24) is 0 Å². The SMILES string of the molecule is CC(C)CCC[C@@H](C)[C@@H]1CC[C@@H]2C3=C(CC[C@@]21C)[C@@]1(C)CC[C@@H](O)[C@H](C)[C@H]1CC3. The fourth-order valence-corrected chi connectivity index (χ4v) is 8.93. The predicted octanol–water partition coefficient (Wildman–Crippen LogP) is 7.78. The van der Waals surface area contributed by atoms with Gasteiger partial charge in [-0.2, -0.15) is 0 Å². The van der Waals surface area contributed by atoms with Crippen LogP contribution in [-0.2, 0) is 0 Å². The van der Waals surface area contributed by atoms with Crippen molar-refractivity contribution >= 4 is 0 Å². The van der Waals surface area contributed by atoms with E-state index in [4.69, 9.17) is 0 Å². The van der Waals surface area contributed by atoms with Crippen LogP contribution in [0.3, 0.4) is 0 Å². The summed E-state index contributed by atoms with van der Waals surface area (Å²) in [6.45, 7) is 14.9. The van der Waals surface area contributed by atoms with E-state index >= 15 is 0 Å². The van der Waals surface area contributed by atoms with Crippen LogP contribution < -0.4 is 0 Å². The molecule has 0 aromatic rings. The third-order valence-corrected chi connectivity index (χ3v) is 10.7.